The third kappa shape index (κ3) is 2.95. The molecule has 0 bridgehead atoms. The van der Waals surface area contributed by atoms with Crippen molar-refractivity contribution < 1.29 is 26.8 Å². The van der Waals surface area contributed by atoms with E-state index in [9.17, 15) is 22.4 Å². The first-order chi connectivity index (χ1) is 7.75. The van der Waals surface area contributed by atoms with Gasteiger partial charge in [-0.05, 0) is 13.8 Å². The first-order valence-corrected chi connectivity index (χ1v) is 4.64. The molecule has 1 aromatic rings. The normalized spacial score (nSPS) is 13.8. The number of carbonyl (C=O) groups is 1. The molecule has 0 spiro atoms. The predicted octanol–water partition coefficient (Wildman–Crippen LogP) is 2.06. The van der Waals surface area contributed by atoms with E-state index in [1.807, 2.05) is 0 Å². The van der Waals surface area contributed by atoms with Crippen LogP contribution in [0.2, 0.25) is 0 Å². The van der Waals surface area contributed by atoms with Crippen LogP contribution in [0.3, 0.4) is 0 Å². The molecule has 0 aliphatic heterocycles. The summed E-state index contributed by atoms with van der Waals surface area (Å²) in [7, 11) is 0. The maximum Gasteiger partial charge on any atom is 0.383 e. The Morgan fingerprint density at radius 3 is 2.53 bits per heavy atom. The molecule has 0 aliphatic rings. The van der Waals surface area contributed by atoms with Gasteiger partial charge in [-0.2, -0.15) is 8.78 Å². The van der Waals surface area contributed by atoms with Gasteiger partial charge in [0.25, 0.3) is 5.91 Å². The zero-order valence-corrected chi connectivity index (χ0v) is 9.01. The van der Waals surface area contributed by atoms with Crippen LogP contribution in [-0.2, 0) is 4.79 Å². The topological polar surface area (TPSA) is 55.1 Å². The molecule has 1 aromatic heterocycles. The van der Waals surface area contributed by atoms with Gasteiger partial charge < -0.3 is 9.73 Å². The van der Waals surface area contributed by atoms with Crippen LogP contribution < -0.4 is 5.32 Å². The molecule has 1 N–H and O–H groups in total. The first-order valence-electron chi connectivity index (χ1n) is 4.64. The number of aryl methyl sites for hydroxylation is 1. The van der Waals surface area contributed by atoms with Crippen molar-refractivity contribution in [3.05, 3.63) is 17.8 Å². The number of amides is 1. The number of alkyl halides is 4. The van der Waals surface area contributed by atoms with Crippen molar-refractivity contribution in [3.63, 3.8) is 0 Å². The predicted molar refractivity (Wildman–Crippen MR) is 48.7 cm³/mol. The summed E-state index contributed by atoms with van der Waals surface area (Å²) in [6.07, 6.45) is -2.73. The maximum atomic E-state index is 12.6. The molecular formula is C9H10F4N2O2. The van der Waals surface area contributed by atoms with E-state index in [1.165, 1.54) is 13.1 Å². The number of nitrogens with zero attached hydrogens (tertiary/aromatic N) is 1. The zero-order valence-electron chi connectivity index (χ0n) is 9.01. The molecule has 17 heavy (non-hydrogen) atoms. The number of aromatic nitrogens is 1. The second-order valence-electron chi connectivity index (χ2n) is 3.43. The standard InChI is InChI=1S/C9H10F4N2O2/c1-4-3-14-6(17-4)5(2)15-8(16)9(12,13)7(10)11/h3,5,7H,1-2H3,(H,15,16). The van der Waals surface area contributed by atoms with Crippen LogP contribution in [0.1, 0.15) is 24.6 Å². The van der Waals surface area contributed by atoms with Crippen molar-refractivity contribution in [2.75, 3.05) is 0 Å². The third-order valence-corrected chi connectivity index (χ3v) is 1.93. The number of carbonyl (C=O) groups excluding carboxylic acids is 1. The van der Waals surface area contributed by atoms with Gasteiger partial charge in [0.1, 0.15) is 11.8 Å². The Balaban J connectivity index is 2.69. The second-order valence-corrected chi connectivity index (χ2v) is 3.43. The summed E-state index contributed by atoms with van der Waals surface area (Å²) < 4.78 is 53.9. The largest absolute Gasteiger partial charge is 0.444 e. The smallest absolute Gasteiger partial charge is 0.383 e. The number of oxazole rings is 1. The van der Waals surface area contributed by atoms with E-state index in [4.69, 9.17) is 4.42 Å². The molecule has 0 saturated heterocycles. The van der Waals surface area contributed by atoms with Crippen molar-refractivity contribution in [3.8, 4) is 0 Å². The minimum absolute atomic E-state index is 0.0269. The Morgan fingerprint density at radius 1 is 1.53 bits per heavy atom. The second kappa shape index (κ2) is 4.72. The van der Waals surface area contributed by atoms with Gasteiger partial charge in [0.2, 0.25) is 5.89 Å². The highest BCUT2D eigenvalue weighted by Crippen LogP contribution is 2.24. The van der Waals surface area contributed by atoms with Crippen LogP contribution in [0.4, 0.5) is 17.6 Å². The molecule has 0 fully saturated rings. The molecule has 0 aromatic carbocycles. The fourth-order valence-corrected chi connectivity index (χ4v) is 1.03. The van der Waals surface area contributed by atoms with Crippen molar-refractivity contribution in [2.24, 2.45) is 0 Å². The van der Waals surface area contributed by atoms with Crippen LogP contribution >= 0.6 is 0 Å². The molecule has 0 radical (unpaired) electrons. The number of halogens is 4. The molecule has 1 rings (SSSR count). The summed E-state index contributed by atoms with van der Waals surface area (Å²) in [5.41, 5.74) is 0. The monoisotopic (exact) mass is 254 g/mol. The molecule has 0 aliphatic carbocycles. The van der Waals surface area contributed by atoms with Crippen LogP contribution in [0.25, 0.3) is 0 Å². The van der Waals surface area contributed by atoms with Crippen molar-refractivity contribution in [1.82, 2.24) is 10.3 Å². The van der Waals surface area contributed by atoms with Gasteiger partial charge in [-0.1, -0.05) is 0 Å². The van der Waals surface area contributed by atoms with Gasteiger partial charge >= 0.3 is 12.3 Å². The summed E-state index contributed by atoms with van der Waals surface area (Å²) >= 11 is 0. The third-order valence-electron chi connectivity index (χ3n) is 1.93. The molecular weight excluding hydrogens is 244 g/mol. The summed E-state index contributed by atoms with van der Waals surface area (Å²) in [5.74, 6) is -6.39. The zero-order chi connectivity index (χ0) is 13.2. The summed E-state index contributed by atoms with van der Waals surface area (Å²) in [6.45, 7) is 2.86. The van der Waals surface area contributed by atoms with E-state index in [1.54, 1.807) is 12.2 Å². The SMILES string of the molecule is Cc1cnc(C(C)NC(=O)C(F)(F)C(F)F)o1. The average molecular weight is 254 g/mol. The highest BCUT2D eigenvalue weighted by Gasteiger charge is 2.49. The number of nitrogens with one attached hydrogen (secondary N) is 1. The maximum absolute atomic E-state index is 12.6. The fourth-order valence-electron chi connectivity index (χ4n) is 1.03. The number of hydrogen-bond acceptors (Lipinski definition) is 3. The van der Waals surface area contributed by atoms with Gasteiger partial charge in [0, 0.05) is 0 Å². The summed E-state index contributed by atoms with van der Waals surface area (Å²) in [5, 5.41) is 1.71. The van der Waals surface area contributed by atoms with Crippen LogP contribution in [0.5, 0.6) is 0 Å². The van der Waals surface area contributed by atoms with E-state index in [-0.39, 0.29) is 5.89 Å². The van der Waals surface area contributed by atoms with E-state index >= 15 is 0 Å². The fraction of sp³-hybridized carbons (Fsp3) is 0.556. The van der Waals surface area contributed by atoms with Crippen molar-refractivity contribution in [1.29, 1.82) is 0 Å². The van der Waals surface area contributed by atoms with E-state index < -0.39 is 24.3 Å². The highest BCUT2D eigenvalue weighted by atomic mass is 19.3. The Bertz CT molecular complexity index is 405. The Kier molecular flexibility index (Phi) is 3.74. The molecule has 96 valence electrons. The lowest BCUT2D eigenvalue weighted by molar-refractivity contribution is -0.170. The molecule has 8 heteroatoms. The Labute approximate surface area is 94.0 Å². The summed E-state index contributed by atoms with van der Waals surface area (Å²) in [6, 6.07) is -1.01. The van der Waals surface area contributed by atoms with E-state index in [0.29, 0.717) is 5.76 Å². The van der Waals surface area contributed by atoms with Crippen LogP contribution in [-0.4, -0.2) is 23.2 Å². The minimum atomic E-state index is -4.73. The first kappa shape index (κ1) is 13.5. The lowest BCUT2D eigenvalue weighted by Crippen LogP contribution is -2.46. The Morgan fingerprint density at radius 2 is 2.12 bits per heavy atom. The lowest BCUT2D eigenvalue weighted by Gasteiger charge is -2.17. The van der Waals surface area contributed by atoms with Gasteiger partial charge in [-0.3, -0.25) is 4.79 Å². The minimum Gasteiger partial charge on any atom is -0.444 e. The van der Waals surface area contributed by atoms with Crippen molar-refractivity contribution >= 4 is 5.91 Å². The van der Waals surface area contributed by atoms with Gasteiger partial charge in [-0.15, -0.1) is 0 Å². The average Bonchev–Trinajstić information content (AvgIpc) is 2.64. The van der Waals surface area contributed by atoms with Crippen LogP contribution in [0.15, 0.2) is 10.6 Å². The molecule has 4 nitrogen and oxygen atoms in total. The summed E-state index contributed by atoms with van der Waals surface area (Å²) in [4.78, 5) is 14.6. The van der Waals surface area contributed by atoms with Crippen LogP contribution in [0, 0.1) is 6.92 Å². The Hall–Kier alpha value is -1.60. The number of hydrogen-bond donors (Lipinski definition) is 1. The van der Waals surface area contributed by atoms with E-state index in [0.717, 1.165) is 0 Å². The van der Waals surface area contributed by atoms with Gasteiger partial charge in [-0.25, -0.2) is 13.8 Å². The van der Waals surface area contributed by atoms with E-state index in [2.05, 4.69) is 4.98 Å². The highest BCUT2D eigenvalue weighted by molar-refractivity contribution is 5.84. The van der Waals surface area contributed by atoms with Gasteiger partial charge in [0.15, 0.2) is 0 Å². The lowest BCUT2D eigenvalue weighted by atomic mass is 10.2. The molecule has 1 amide bonds. The molecule has 1 atom stereocenters. The number of rotatable bonds is 4. The quantitative estimate of drug-likeness (QED) is 0.837. The molecule has 1 unspecified atom stereocenters. The molecule has 0 saturated carbocycles. The molecule has 1 heterocycles. The van der Waals surface area contributed by atoms with Crippen molar-refractivity contribution in [2.45, 2.75) is 32.2 Å². The van der Waals surface area contributed by atoms with Gasteiger partial charge in [0.05, 0.1) is 6.20 Å².